The molecule has 4 nitrogen and oxygen atoms in total. The molecule has 1 aromatic heterocycles. The molecule has 0 bridgehead atoms. The quantitative estimate of drug-likeness (QED) is 0.398. The molecular formula is C22H21N3O. The van der Waals surface area contributed by atoms with E-state index in [1.807, 2.05) is 54.1 Å². The van der Waals surface area contributed by atoms with Crippen molar-refractivity contribution in [1.29, 1.82) is 0 Å². The van der Waals surface area contributed by atoms with E-state index in [-0.39, 0.29) is 0 Å². The number of hydrogen-bond acceptors (Lipinski definition) is 3. The minimum Gasteiger partial charge on any atom is -0.396 e. The zero-order valence-electron chi connectivity index (χ0n) is 15.0. The Morgan fingerprint density at radius 2 is 1.69 bits per heavy atom. The van der Waals surface area contributed by atoms with Gasteiger partial charge >= 0.3 is 0 Å². The van der Waals surface area contributed by atoms with Crippen molar-refractivity contribution in [3.05, 3.63) is 89.5 Å². The summed E-state index contributed by atoms with van der Waals surface area (Å²) in [6, 6.07) is 16.3. The smallest absolute Gasteiger partial charge is 0.114 e. The van der Waals surface area contributed by atoms with Crippen molar-refractivity contribution in [2.45, 2.75) is 20.4 Å². The first-order valence-corrected chi connectivity index (χ1v) is 8.58. The first kappa shape index (κ1) is 17.5. The minimum absolute atomic E-state index is 0.535. The van der Waals surface area contributed by atoms with Crippen LogP contribution in [0.2, 0.25) is 0 Å². The molecule has 1 heterocycles. The molecule has 0 saturated carbocycles. The number of aryl methyl sites for hydroxylation is 1. The van der Waals surface area contributed by atoms with Crippen LogP contribution in [0.1, 0.15) is 29.2 Å². The second-order valence-corrected chi connectivity index (χ2v) is 5.88. The van der Waals surface area contributed by atoms with Crippen molar-refractivity contribution in [2.75, 3.05) is 6.61 Å². The summed E-state index contributed by atoms with van der Waals surface area (Å²) in [6.45, 7) is 5.13. The van der Waals surface area contributed by atoms with Gasteiger partial charge in [-0.15, -0.1) is 0 Å². The zero-order chi connectivity index (χ0) is 18.2. The minimum atomic E-state index is 0.535. The van der Waals surface area contributed by atoms with Crippen molar-refractivity contribution < 1.29 is 4.84 Å². The van der Waals surface area contributed by atoms with Crippen LogP contribution in [0.4, 0.5) is 0 Å². The highest BCUT2D eigenvalue weighted by atomic mass is 16.6. The van der Waals surface area contributed by atoms with Crippen molar-refractivity contribution >= 4 is 5.71 Å². The third-order valence-electron chi connectivity index (χ3n) is 3.82. The molecule has 130 valence electrons. The normalized spacial score (nSPS) is 10.9. The molecule has 0 aliphatic rings. The van der Waals surface area contributed by atoms with E-state index in [0.29, 0.717) is 13.2 Å². The third kappa shape index (κ3) is 4.84. The molecule has 3 rings (SSSR count). The molecule has 3 aromatic rings. The second-order valence-electron chi connectivity index (χ2n) is 5.88. The van der Waals surface area contributed by atoms with Gasteiger partial charge in [-0.1, -0.05) is 46.8 Å². The lowest BCUT2D eigenvalue weighted by Gasteiger charge is -2.07. The number of oxime groups is 1. The van der Waals surface area contributed by atoms with Gasteiger partial charge in [0.25, 0.3) is 0 Å². The molecule has 0 saturated heterocycles. The van der Waals surface area contributed by atoms with E-state index in [1.165, 1.54) is 5.56 Å². The lowest BCUT2D eigenvalue weighted by molar-refractivity contribution is 0.158. The Bertz CT molecular complexity index is 912. The Hall–Kier alpha value is -3.32. The van der Waals surface area contributed by atoms with Gasteiger partial charge in [0.05, 0.1) is 12.9 Å². The summed E-state index contributed by atoms with van der Waals surface area (Å²) in [5.74, 6) is 6.39. The summed E-state index contributed by atoms with van der Waals surface area (Å²) in [5, 5.41) is 4.25. The Morgan fingerprint density at radius 1 is 1.04 bits per heavy atom. The summed E-state index contributed by atoms with van der Waals surface area (Å²) >= 11 is 0. The van der Waals surface area contributed by atoms with Gasteiger partial charge in [-0.25, -0.2) is 4.98 Å². The first-order chi connectivity index (χ1) is 12.7. The molecule has 0 N–H and O–H groups in total. The molecule has 0 fully saturated rings. The van der Waals surface area contributed by atoms with Crippen LogP contribution in [0.15, 0.2) is 72.4 Å². The molecule has 0 aliphatic heterocycles. The van der Waals surface area contributed by atoms with Gasteiger partial charge in [0, 0.05) is 29.1 Å². The van der Waals surface area contributed by atoms with Crippen LogP contribution >= 0.6 is 0 Å². The molecule has 0 aliphatic carbocycles. The molecule has 0 spiro atoms. The van der Waals surface area contributed by atoms with E-state index in [0.717, 1.165) is 22.4 Å². The summed E-state index contributed by atoms with van der Waals surface area (Å²) in [7, 11) is 0. The van der Waals surface area contributed by atoms with Crippen molar-refractivity contribution in [3.63, 3.8) is 0 Å². The van der Waals surface area contributed by atoms with Crippen LogP contribution < -0.4 is 0 Å². The van der Waals surface area contributed by atoms with Gasteiger partial charge in [-0.2, -0.15) is 0 Å². The molecular weight excluding hydrogens is 322 g/mol. The average Bonchev–Trinajstić information content (AvgIpc) is 3.18. The highest BCUT2D eigenvalue weighted by molar-refractivity contribution is 6.00. The van der Waals surface area contributed by atoms with Gasteiger partial charge in [-0.05, 0) is 38.1 Å². The monoisotopic (exact) mass is 343 g/mol. The number of rotatable bonds is 5. The van der Waals surface area contributed by atoms with E-state index in [4.69, 9.17) is 4.84 Å². The summed E-state index contributed by atoms with van der Waals surface area (Å²) in [6.07, 6.45) is 5.42. The van der Waals surface area contributed by atoms with E-state index in [1.54, 1.807) is 12.5 Å². The SMILES string of the molecule is CCON=C(Cn1ccnc1)c1ccc(C#Cc2ccc(C)cc2)cc1. The fourth-order valence-electron chi connectivity index (χ4n) is 2.40. The van der Waals surface area contributed by atoms with E-state index < -0.39 is 0 Å². The molecule has 26 heavy (non-hydrogen) atoms. The van der Waals surface area contributed by atoms with Crippen LogP contribution in [0, 0.1) is 18.8 Å². The molecule has 0 atom stereocenters. The molecule has 0 radical (unpaired) electrons. The predicted octanol–water partition coefficient (Wildman–Crippen LogP) is 4.03. The Labute approximate surface area is 154 Å². The Morgan fingerprint density at radius 3 is 2.27 bits per heavy atom. The largest absolute Gasteiger partial charge is 0.396 e. The lowest BCUT2D eigenvalue weighted by Crippen LogP contribution is -2.11. The average molecular weight is 343 g/mol. The fourth-order valence-corrected chi connectivity index (χ4v) is 2.40. The highest BCUT2D eigenvalue weighted by Gasteiger charge is 2.06. The van der Waals surface area contributed by atoms with E-state index in [9.17, 15) is 0 Å². The molecule has 0 unspecified atom stereocenters. The summed E-state index contributed by atoms with van der Waals surface area (Å²) in [4.78, 5) is 9.34. The maximum absolute atomic E-state index is 5.27. The van der Waals surface area contributed by atoms with E-state index in [2.05, 4.69) is 41.0 Å². The second kappa shape index (κ2) is 8.68. The van der Waals surface area contributed by atoms with Crippen LogP contribution in [-0.4, -0.2) is 21.9 Å². The van der Waals surface area contributed by atoms with Crippen molar-refractivity contribution in [3.8, 4) is 11.8 Å². The third-order valence-corrected chi connectivity index (χ3v) is 3.82. The maximum Gasteiger partial charge on any atom is 0.114 e. The Balaban J connectivity index is 1.77. The van der Waals surface area contributed by atoms with Crippen molar-refractivity contribution in [1.82, 2.24) is 9.55 Å². The fraction of sp³-hybridized carbons (Fsp3) is 0.182. The van der Waals surface area contributed by atoms with Gasteiger partial charge < -0.3 is 9.40 Å². The van der Waals surface area contributed by atoms with E-state index >= 15 is 0 Å². The zero-order valence-corrected chi connectivity index (χ0v) is 15.0. The first-order valence-electron chi connectivity index (χ1n) is 8.58. The van der Waals surface area contributed by atoms with Gasteiger partial charge in [0.1, 0.15) is 12.3 Å². The van der Waals surface area contributed by atoms with Gasteiger partial charge in [-0.3, -0.25) is 0 Å². The summed E-state index contributed by atoms with van der Waals surface area (Å²) in [5.41, 5.74) is 5.07. The van der Waals surface area contributed by atoms with Gasteiger partial charge in [0.15, 0.2) is 0 Å². The van der Waals surface area contributed by atoms with Crippen LogP contribution in [0.3, 0.4) is 0 Å². The number of benzene rings is 2. The van der Waals surface area contributed by atoms with Crippen molar-refractivity contribution in [2.24, 2.45) is 5.16 Å². The van der Waals surface area contributed by atoms with Crippen LogP contribution in [0.25, 0.3) is 0 Å². The highest BCUT2D eigenvalue weighted by Crippen LogP contribution is 2.08. The number of hydrogen-bond donors (Lipinski definition) is 0. The number of nitrogens with zero attached hydrogens (tertiary/aromatic N) is 3. The maximum atomic E-state index is 5.27. The lowest BCUT2D eigenvalue weighted by atomic mass is 10.1. The topological polar surface area (TPSA) is 39.4 Å². The number of imidazole rings is 1. The molecule has 4 heteroatoms. The van der Waals surface area contributed by atoms with Gasteiger partial charge in [0.2, 0.25) is 0 Å². The Kier molecular flexibility index (Phi) is 5.84. The van der Waals surface area contributed by atoms with Crippen LogP contribution in [0.5, 0.6) is 0 Å². The molecule has 2 aromatic carbocycles. The molecule has 0 amide bonds. The van der Waals surface area contributed by atoms with Crippen LogP contribution in [-0.2, 0) is 11.4 Å². The number of aromatic nitrogens is 2. The predicted molar refractivity (Wildman–Crippen MR) is 104 cm³/mol. The standard InChI is InChI=1S/C22H21N3O/c1-3-26-24-22(16-25-15-14-23-17-25)21-12-10-20(11-13-21)9-8-19-6-4-18(2)5-7-19/h4-7,10-15,17H,3,16H2,1-2H3. The summed E-state index contributed by atoms with van der Waals surface area (Å²) < 4.78 is 1.96.